The van der Waals surface area contributed by atoms with Gasteiger partial charge in [-0.3, -0.25) is 4.90 Å². The molecule has 4 nitrogen and oxygen atoms in total. The first kappa shape index (κ1) is 9.48. The van der Waals surface area contributed by atoms with Gasteiger partial charge in [0.05, 0.1) is 5.97 Å². The van der Waals surface area contributed by atoms with Gasteiger partial charge in [0.2, 0.25) is 0 Å². The lowest BCUT2D eigenvalue weighted by molar-refractivity contribution is -0.306. The Morgan fingerprint density at radius 3 is 2.83 bits per heavy atom. The fraction of sp³-hybridized carbons (Fsp3) is 0.875. The third-order valence-corrected chi connectivity index (χ3v) is 2.37. The highest BCUT2D eigenvalue weighted by molar-refractivity contribution is 5.66. The van der Waals surface area contributed by atoms with Crippen molar-refractivity contribution >= 4 is 5.97 Å². The van der Waals surface area contributed by atoms with Crippen molar-refractivity contribution in [1.29, 1.82) is 0 Å². The lowest BCUT2D eigenvalue weighted by atomic mass is 10.2. The van der Waals surface area contributed by atoms with E-state index in [0.29, 0.717) is 6.04 Å². The first-order chi connectivity index (χ1) is 5.59. The van der Waals surface area contributed by atoms with Crippen LogP contribution < -0.4 is 5.11 Å². The Labute approximate surface area is 72.8 Å². The van der Waals surface area contributed by atoms with Gasteiger partial charge in [0.15, 0.2) is 0 Å². The molecule has 1 heterocycles. The summed E-state index contributed by atoms with van der Waals surface area (Å²) in [6.45, 7) is 2.06. The summed E-state index contributed by atoms with van der Waals surface area (Å²) in [5.74, 6) is -0.993. The van der Waals surface area contributed by atoms with Gasteiger partial charge >= 0.3 is 0 Å². The molecule has 1 unspecified atom stereocenters. The van der Waals surface area contributed by atoms with Crippen LogP contribution in [0.2, 0.25) is 0 Å². The molecule has 4 heteroatoms. The molecule has 0 spiro atoms. The second kappa shape index (κ2) is 3.87. The van der Waals surface area contributed by atoms with E-state index in [4.69, 9.17) is 0 Å². The Bertz CT molecular complexity index is 172. The molecule has 0 aromatic heterocycles. The zero-order valence-electron chi connectivity index (χ0n) is 7.62. The van der Waals surface area contributed by atoms with E-state index < -0.39 is 5.97 Å². The average molecular weight is 171 g/mol. The summed E-state index contributed by atoms with van der Waals surface area (Å²) < 4.78 is 0. The van der Waals surface area contributed by atoms with Gasteiger partial charge in [-0.2, -0.15) is 0 Å². The van der Waals surface area contributed by atoms with E-state index in [-0.39, 0.29) is 6.54 Å². The van der Waals surface area contributed by atoms with E-state index in [9.17, 15) is 9.90 Å². The number of carbonyl (C=O) groups is 1. The Kier molecular flexibility index (Phi) is 3.05. The zero-order valence-corrected chi connectivity index (χ0v) is 7.62. The molecule has 1 aliphatic heterocycles. The quantitative estimate of drug-likeness (QED) is 0.511. The number of likely N-dealkylation sites (tertiary alicyclic amines) is 1. The standard InChI is InChI=1S/C8H16N2O2/c1-9-4-3-7(5-9)10(2)6-8(11)12/h7H,3-6H2,1-2H3,(H,11,12)/p-1. The molecule has 0 aromatic rings. The molecule has 0 aliphatic carbocycles. The van der Waals surface area contributed by atoms with E-state index >= 15 is 0 Å². The largest absolute Gasteiger partial charge is 0.549 e. The molecule has 12 heavy (non-hydrogen) atoms. The molecule has 70 valence electrons. The van der Waals surface area contributed by atoms with Crippen LogP contribution in [-0.4, -0.2) is 55.5 Å². The minimum absolute atomic E-state index is 0.0402. The smallest absolute Gasteiger partial charge is 0.0555 e. The summed E-state index contributed by atoms with van der Waals surface area (Å²) in [6.07, 6.45) is 1.06. The number of likely N-dealkylation sites (N-methyl/N-ethyl adjacent to an activating group) is 2. The van der Waals surface area contributed by atoms with Crippen LogP contribution >= 0.6 is 0 Å². The highest BCUT2D eigenvalue weighted by atomic mass is 16.4. The lowest BCUT2D eigenvalue weighted by Crippen LogP contribution is -2.42. The Hall–Kier alpha value is -0.610. The first-order valence-electron chi connectivity index (χ1n) is 4.18. The number of hydrogen-bond donors (Lipinski definition) is 0. The van der Waals surface area contributed by atoms with Crippen LogP contribution in [0.4, 0.5) is 0 Å². The molecule has 1 saturated heterocycles. The van der Waals surface area contributed by atoms with Crippen molar-refractivity contribution in [1.82, 2.24) is 9.80 Å². The van der Waals surface area contributed by atoms with Crippen molar-refractivity contribution in [3.8, 4) is 0 Å². The molecule has 0 N–H and O–H groups in total. The van der Waals surface area contributed by atoms with E-state index in [1.807, 2.05) is 19.0 Å². The van der Waals surface area contributed by atoms with Crippen LogP contribution in [0, 0.1) is 0 Å². The van der Waals surface area contributed by atoms with E-state index in [0.717, 1.165) is 19.5 Å². The van der Waals surface area contributed by atoms with Crippen molar-refractivity contribution in [2.45, 2.75) is 12.5 Å². The highest BCUT2D eigenvalue weighted by Gasteiger charge is 2.22. The maximum Gasteiger partial charge on any atom is 0.0555 e. The maximum atomic E-state index is 10.3. The number of carboxylic acid groups (broad SMARTS) is 1. The van der Waals surface area contributed by atoms with Crippen molar-refractivity contribution in [2.24, 2.45) is 0 Å². The van der Waals surface area contributed by atoms with Crippen LogP contribution in [-0.2, 0) is 4.79 Å². The highest BCUT2D eigenvalue weighted by Crippen LogP contribution is 2.11. The molecule has 1 aliphatic rings. The predicted octanol–water partition coefficient (Wildman–Crippen LogP) is -1.63. The van der Waals surface area contributed by atoms with Gasteiger partial charge in [-0.25, -0.2) is 0 Å². The van der Waals surface area contributed by atoms with Gasteiger partial charge < -0.3 is 14.8 Å². The first-order valence-corrected chi connectivity index (χ1v) is 4.18. The number of hydrogen-bond acceptors (Lipinski definition) is 4. The van der Waals surface area contributed by atoms with Crippen molar-refractivity contribution in [2.75, 3.05) is 33.7 Å². The summed E-state index contributed by atoms with van der Waals surface area (Å²) in [5.41, 5.74) is 0. The third kappa shape index (κ3) is 2.46. The Balaban J connectivity index is 2.32. The zero-order chi connectivity index (χ0) is 9.14. The van der Waals surface area contributed by atoms with Gasteiger partial charge in [0.1, 0.15) is 0 Å². The fourth-order valence-electron chi connectivity index (χ4n) is 1.60. The molecule has 0 amide bonds. The van der Waals surface area contributed by atoms with Crippen LogP contribution in [0.3, 0.4) is 0 Å². The second-order valence-corrected chi connectivity index (χ2v) is 3.49. The second-order valence-electron chi connectivity index (χ2n) is 3.49. The summed E-state index contributed by atoms with van der Waals surface area (Å²) >= 11 is 0. The SMILES string of the molecule is CN1CCC(N(C)CC(=O)[O-])C1. The van der Waals surface area contributed by atoms with Gasteiger partial charge in [-0.1, -0.05) is 0 Å². The van der Waals surface area contributed by atoms with Gasteiger partial charge in [-0.15, -0.1) is 0 Å². The molecule has 1 rings (SSSR count). The topological polar surface area (TPSA) is 46.6 Å². The van der Waals surface area contributed by atoms with Gasteiger partial charge in [-0.05, 0) is 27.1 Å². The molecular weight excluding hydrogens is 156 g/mol. The summed E-state index contributed by atoms with van der Waals surface area (Å²) in [5, 5.41) is 10.3. The Morgan fingerprint density at radius 1 is 1.75 bits per heavy atom. The average Bonchev–Trinajstić information content (AvgIpc) is 2.34. The monoisotopic (exact) mass is 171 g/mol. The minimum Gasteiger partial charge on any atom is -0.549 e. The molecular formula is C8H15N2O2-. The fourth-order valence-corrected chi connectivity index (χ4v) is 1.60. The number of aliphatic carboxylic acids is 1. The normalized spacial score (nSPS) is 25.1. The molecule has 0 radical (unpaired) electrons. The van der Waals surface area contributed by atoms with Crippen molar-refractivity contribution < 1.29 is 9.90 Å². The van der Waals surface area contributed by atoms with E-state index in [1.165, 1.54) is 0 Å². The predicted molar refractivity (Wildman–Crippen MR) is 43.5 cm³/mol. The summed E-state index contributed by atoms with van der Waals surface area (Å²) in [7, 11) is 3.88. The maximum absolute atomic E-state index is 10.3. The minimum atomic E-state index is -0.993. The number of rotatable bonds is 3. The number of carbonyl (C=O) groups excluding carboxylic acids is 1. The Morgan fingerprint density at radius 2 is 2.42 bits per heavy atom. The van der Waals surface area contributed by atoms with E-state index in [2.05, 4.69) is 4.90 Å². The molecule has 0 saturated carbocycles. The molecule has 0 bridgehead atoms. The van der Waals surface area contributed by atoms with Crippen LogP contribution in [0.15, 0.2) is 0 Å². The van der Waals surface area contributed by atoms with Crippen molar-refractivity contribution in [3.63, 3.8) is 0 Å². The molecule has 1 fully saturated rings. The summed E-state index contributed by atoms with van der Waals surface area (Å²) in [4.78, 5) is 14.3. The lowest BCUT2D eigenvalue weighted by Gasteiger charge is -2.24. The third-order valence-electron chi connectivity index (χ3n) is 2.37. The van der Waals surface area contributed by atoms with Crippen molar-refractivity contribution in [3.05, 3.63) is 0 Å². The van der Waals surface area contributed by atoms with Gasteiger partial charge in [0, 0.05) is 19.1 Å². The van der Waals surface area contributed by atoms with E-state index in [1.54, 1.807) is 0 Å². The molecule has 1 atom stereocenters. The number of nitrogens with zero attached hydrogens (tertiary/aromatic N) is 2. The number of carboxylic acids is 1. The van der Waals surface area contributed by atoms with Gasteiger partial charge in [0.25, 0.3) is 0 Å². The van der Waals surface area contributed by atoms with Crippen LogP contribution in [0.1, 0.15) is 6.42 Å². The molecule has 0 aromatic carbocycles. The van der Waals surface area contributed by atoms with Crippen LogP contribution in [0.25, 0.3) is 0 Å². The van der Waals surface area contributed by atoms with Crippen LogP contribution in [0.5, 0.6) is 0 Å². The summed E-state index contributed by atoms with van der Waals surface area (Å²) in [6, 6.07) is 0.382.